The summed E-state index contributed by atoms with van der Waals surface area (Å²) in [5.74, 6) is 0. The number of nitrogens with one attached hydrogen (secondary N) is 1. The molecule has 1 aromatic heterocycles. The predicted octanol–water partition coefficient (Wildman–Crippen LogP) is 3.26. The fourth-order valence-corrected chi connectivity index (χ4v) is 2.76. The monoisotopic (exact) mass is 276 g/mol. The van der Waals surface area contributed by atoms with E-state index in [-0.39, 0.29) is 0 Å². The van der Waals surface area contributed by atoms with Crippen LogP contribution < -0.4 is 5.32 Å². The quantitative estimate of drug-likeness (QED) is 0.791. The van der Waals surface area contributed by atoms with Crippen LogP contribution in [-0.4, -0.2) is 30.3 Å². The highest BCUT2D eigenvalue weighted by Crippen LogP contribution is 2.18. The molecule has 0 amide bonds. The molecule has 1 fully saturated rings. The average molecular weight is 276 g/mol. The summed E-state index contributed by atoms with van der Waals surface area (Å²) in [5, 5.41) is 3.66. The molecule has 0 radical (unpaired) electrons. The number of hydrogen-bond acceptors (Lipinski definition) is 3. The van der Waals surface area contributed by atoms with E-state index >= 15 is 0 Å². The van der Waals surface area contributed by atoms with Crippen LogP contribution in [0.4, 0.5) is 0 Å². The Balaban J connectivity index is 1.83. The minimum atomic E-state index is 0.493. The van der Waals surface area contributed by atoms with E-state index in [1.54, 1.807) is 0 Å². The predicted molar refractivity (Wildman–Crippen MR) is 83.0 cm³/mol. The molecule has 1 aliphatic rings. The minimum Gasteiger partial charge on any atom is -0.378 e. The summed E-state index contributed by atoms with van der Waals surface area (Å²) in [4.78, 5) is 4.53. The second kappa shape index (κ2) is 8.38. The summed E-state index contributed by atoms with van der Waals surface area (Å²) < 4.78 is 5.73. The lowest BCUT2D eigenvalue weighted by Gasteiger charge is -2.20. The maximum Gasteiger partial charge on any atom is 0.0576 e. The van der Waals surface area contributed by atoms with Gasteiger partial charge in [0.15, 0.2) is 0 Å². The number of hydrogen-bond donors (Lipinski definition) is 1. The first-order valence-corrected chi connectivity index (χ1v) is 8.04. The highest BCUT2D eigenvalue weighted by atomic mass is 16.5. The van der Waals surface area contributed by atoms with Gasteiger partial charge in [-0.3, -0.25) is 4.98 Å². The number of pyridine rings is 1. The van der Waals surface area contributed by atoms with E-state index in [4.69, 9.17) is 4.74 Å². The van der Waals surface area contributed by atoms with Crippen molar-refractivity contribution in [1.29, 1.82) is 0 Å². The zero-order valence-electron chi connectivity index (χ0n) is 12.9. The van der Waals surface area contributed by atoms with Gasteiger partial charge in [0, 0.05) is 31.0 Å². The van der Waals surface area contributed by atoms with Gasteiger partial charge in [0.2, 0.25) is 0 Å². The molecule has 3 nitrogen and oxygen atoms in total. The summed E-state index contributed by atoms with van der Waals surface area (Å²) in [6.45, 7) is 6.34. The topological polar surface area (TPSA) is 34.1 Å². The summed E-state index contributed by atoms with van der Waals surface area (Å²) in [6, 6.07) is 4.83. The molecule has 1 aliphatic heterocycles. The van der Waals surface area contributed by atoms with Crippen LogP contribution in [0.3, 0.4) is 0 Å². The first kappa shape index (κ1) is 15.5. The molecule has 2 atom stereocenters. The van der Waals surface area contributed by atoms with Crippen molar-refractivity contribution in [2.45, 2.75) is 64.5 Å². The molecule has 1 N–H and O–H groups in total. The highest BCUT2D eigenvalue weighted by Gasteiger charge is 2.18. The third-order valence-electron chi connectivity index (χ3n) is 3.97. The lowest BCUT2D eigenvalue weighted by atomic mass is 10.0. The first-order valence-electron chi connectivity index (χ1n) is 8.04. The largest absolute Gasteiger partial charge is 0.378 e. The smallest absolute Gasteiger partial charge is 0.0576 e. The van der Waals surface area contributed by atoms with Gasteiger partial charge in [-0.1, -0.05) is 13.0 Å². The number of aryl methyl sites for hydroxylation is 1. The van der Waals surface area contributed by atoms with Gasteiger partial charge in [0.25, 0.3) is 0 Å². The van der Waals surface area contributed by atoms with Crippen LogP contribution in [0.15, 0.2) is 18.3 Å². The normalized spacial score (nSPS) is 20.2. The molecule has 1 saturated heterocycles. The molecular weight excluding hydrogens is 248 g/mol. The molecular formula is C17H28N2O. The zero-order chi connectivity index (χ0) is 14.2. The van der Waals surface area contributed by atoms with Gasteiger partial charge in [-0.2, -0.15) is 0 Å². The van der Waals surface area contributed by atoms with Crippen molar-refractivity contribution < 1.29 is 4.74 Å². The number of rotatable bonds is 8. The lowest BCUT2D eigenvalue weighted by Crippen LogP contribution is -2.33. The van der Waals surface area contributed by atoms with Crippen LogP contribution in [0, 0.1) is 6.92 Å². The standard InChI is InChI=1S/C17H28N2O/c1-3-10-18-15(8-9-17-5-4-11-20-17)12-16-7-6-14(2)13-19-16/h6-7,13,15,17-18H,3-5,8-12H2,1-2H3. The molecule has 112 valence electrons. The first-order chi connectivity index (χ1) is 9.78. The van der Waals surface area contributed by atoms with Crippen LogP contribution in [0.2, 0.25) is 0 Å². The van der Waals surface area contributed by atoms with Crippen LogP contribution in [0.1, 0.15) is 50.3 Å². The van der Waals surface area contributed by atoms with E-state index in [0.29, 0.717) is 12.1 Å². The lowest BCUT2D eigenvalue weighted by molar-refractivity contribution is 0.0995. The summed E-state index contributed by atoms with van der Waals surface area (Å²) in [7, 11) is 0. The van der Waals surface area contributed by atoms with Crippen molar-refractivity contribution >= 4 is 0 Å². The molecule has 0 aromatic carbocycles. The third kappa shape index (κ3) is 5.22. The van der Waals surface area contributed by atoms with Gasteiger partial charge >= 0.3 is 0 Å². The Kier molecular flexibility index (Phi) is 6.48. The molecule has 0 spiro atoms. The van der Waals surface area contributed by atoms with E-state index in [1.807, 2.05) is 6.20 Å². The Morgan fingerprint density at radius 1 is 1.45 bits per heavy atom. The van der Waals surface area contributed by atoms with Crippen molar-refractivity contribution in [2.75, 3.05) is 13.2 Å². The summed E-state index contributed by atoms with van der Waals surface area (Å²) >= 11 is 0. The second-order valence-electron chi connectivity index (χ2n) is 5.89. The van der Waals surface area contributed by atoms with Gasteiger partial charge in [-0.15, -0.1) is 0 Å². The summed E-state index contributed by atoms with van der Waals surface area (Å²) in [6.07, 6.45) is 9.48. The molecule has 2 rings (SSSR count). The average Bonchev–Trinajstić information content (AvgIpc) is 2.97. The molecule has 1 aromatic rings. The number of nitrogens with zero attached hydrogens (tertiary/aromatic N) is 1. The molecule has 2 heterocycles. The van der Waals surface area contributed by atoms with E-state index in [9.17, 15) is 0 Å². The van der Waals surface area contributed by atoms with E-state index < -0.39 is 0 Å². The maximum atomic E-state index is 5.73. The van der Waals surface area contributed by atoms with Gasteiger partial charge in [0.05, 0.1) is 6.10 Å². The summed E-state index contributed by atoms with van der Waals surface area (Å²) in [5.41, 5.74) is 2.42. The molecule has 0 saturated carbocycles. The Bertz CT molecular complexity index is 371. The number of ether oxygens (including phenoxy) is 1. The molecule has 0 aliphatic carbocycles. The molecule has 3 heteroatoms. The molecule has 0 bridgehead atoms. The Morgan fingerprint density at radius 2 is 2.35 bits per heavy atom. The van der Waals surface area contributed by atoms with Crippen molar-refractivity contribution in [2.24, 2.45) is 0 Å². The van der Waals surface area contributed by atoms with E-state index in [0.717, 1.165) is 19.6 Å². The molecule has 2 unspecified atom stereocenters. The number of aromatic nitrogens is 1. The SMILES string of the molecule is CCCNC(CCC1CCCO1)Cc1ccc(C)cn1. The van der Waals surface area contributed by atoms with Crippen LogP contribution in [0.25, 0.3) is 0 Å². The zero-order valence-corrected chi connectivity index (χ0v) is 12.9. The Labute approximate surface area is 123 Å². The second-order valence-corrected chi connectivity index (χ2v) is 5.89. The van der Waals surface area contributed by atoms with Crippen LogP contribution in [-0.2, 0) is 11.2 Å². The Hall–Kier alpha value is -0.930. The van der Waals surface area contributed by atoms with Gasteiger partial charge in [-0.05, 0) is 57.2 Å². The maximum absolute atomic E-state index is 5.73. The Morgan fingerprint density at radius 3 is 3.00 bits per heavy atom. The van der Waals surface area contributed by atoms with E-state index in [1.165, 1.54) is 43.4 Å². The molecule has 20 heavy (non-hydrogen) atoms. The highest BCUT2D eigenvalue weighted by molar-refractivity contribution is 5.13. The van der Waals surface area contributed by atoms with Crippen molar-refractivity contribution in [1.82, 2.24) is 10.3 Å². The van der Waals surface area contributed by atoms with Gasteiger partial charge in [0.1, 0.15) is 0 Å². The fraction of sp³-hybridized carbons (Fsp3) is 0.706. The van der Waals surface area contributed by atoms with Crippen molar-refractivity contribution in [3.8, 4) is 0 Å². The van der Waals surface area contributed by atoms with Crippen molar-refractivity contribution in [3.05, 3.63) is 29.6 Å². The van der Waals surface area contributed by atoms with Crippen LogP contribution >= 0.6 is 0 Å². The van der Waals surface area contributed by atoms with Crippen molar-refractivity contribution in [3.63, 3.8) is 0 Å². The van der Waals surface area contributed by atoms with Gasteiger partial charge in [-0.25, -0.2) is 0 Å². The van der Waals surface area contributed by atoms with Gasteiger partial charge < -0.3 is 10.1 Å². The fourth-order valence-electron chi connectivity index (χ4n) is 2.76. The minimum absolute atomic E-state index is 0.493. The van der Waals surface area contributed by atoms with E-state index in [2.05, 4.69) is 36.3 Å². The van der Waals surface area contributed by atoms with Crippen LogP contribution in [0.5, 0.6) is 0 Å². The third-order valence-corrected chi connectivity index (χ3v) is 3.97.